The van der Waals surface area contributed by atoms with E-state index in [0.717, 1.165) is 11.3 Å². The first-order valence-electron chi connectivity index (χ1n) is 7.75. The number of aromatic carboxylic acids is 1. The monoisotopic (exact) mass is 332 g/mol. The summed E-state index contributed by atoms with van der Waals surface area (Å²) < 4.78 is 0. The molecule has 0 aliphatic heterocycles. The van der Waals surface area contributed by atoms with E-state index in [-0.39, 0.29) is 11.3 Å². The second-order valence-electron chi connectivity index (χ2n) is 5.49. The zero-order chi connectivity index (χ0) is 17.6. The second kappa shape index (κ2) is 7.40. The van der Waals surface area contributed by atoms with Crippen LogP contribution in [0, 0.1) is 0 Å². The summed E-state index contributed by atoms with van der Waals surface area (Å²) in [5, 5.41) is 15.4. The van der Waals surface area contributed by atoms with Crippen molar-refractivity contribution >= 4 is 23.2 Å². The number of allylic oxidation sites excluding steroid dienone is 4. The number of carboxylic acids is 1. The third-order valence-electron chi connectivity index (χ3n) is 3.66. The first kappa shape index (κ1) is 16.4. The molecule has 25 heavy (non-hydrogen) atoms. The number of hydrazone groups is 1. The Hall–Kier alpha value is -3.47. The molecule has 5 nitrogen and oxygen atoms in total. The van der Waals surface area contributed by atoms with Gasteiger partial charge in [0.25, 0.3) is 0 Å². The smallest absolute Gasteiger partial charge is 0.335 e. The van der Waals surface area contributed by atoms with Crippen LogP contribution in [0.3, 0.4) is 0 Å². The summed E-state index contributed by atoms with van der Waals surface area (Å²) in [6, 6.07) is 16.4. The number of carbonyl (C=O) groups is 2. The summed E-state index contributed by atoms with van der Waals surface area (Å²) in [6.07, 6.45) is 6.25. The highest BCUT2D eigenvalue weighted by Crippen LogP contribution is 2.19. The van der Waals surface area contributed by atoms with E-state index in [4.69, 9.17) is 5.11 Å². The first-order valence-corrected chi connectivity index (χ1v) is 7.75. The molecule has 0 heterocycles. The van der Waals surface area contributed by atoms with Gasteiger partial charge in [-0.15, -0.1) is 0 Å². The molecule has 5 heteroatoms. The van der Waals surface area contributed by atoms with E-state index in [0.29, 0.717) is 12.3 Å². The Morgan fingerprint density at radius 2 is 1.56 bits per heavy atom. The van der Waals surface area contributed by atoms with Crippen molar-refractivity contribution in [3.05, 3.63) is 90.0 Å². The lowest BCUT2D eigenvalue weighted by molar-refractivity contribution is -0.110. The molecule has 2 aromatic rings. The molecule has 0 atom stereocenters. The van der Waals surface area contributed by atoms with Crippen molar-refractivity contribution in [2.24, 2.45) is 5.10 Å². The highest BCUT2D eigenvalue weighted by atomic mass is 16.4. The number of rotatable bonds is 5. The minimum atomic E-state index is -0.968. The van der Waals surface area contributed by atoms with Crippen LogP contribution in [0.15, 0.2) is 84.0 Å². The zero-order valence-corrected chi connectivity index (χ0v) is 13.4. The number of carboxylic acid groups (broad SMARTS) is 1. The second-order valence-corrected chi connectivity index (χ2v) is 5.49. The highest BCUT2D eigenvalue weighted by molar-refractivity contribution is 6.16. The molecule has 0 fully saturated rings. The Labute approximate surface area is 145 Å². The van der Waals surface area contributed by atoms with Crippen molar-refractivity contribution in [3.63, 3.8) is 0 Å². The summed E-state index contributed by atoms with van der Waals surface area (Å²) in [5.74, 6) is -1.04. The van der Waals surface area contributed by atoms with Gasteiger partial charge in [0.05, 0.1) is 23.5 Å². The molecule has 2 aromatic carbocycles. The van der Waals surface area contributed by atoms with E-state index in [1.807, 2.05) is 30.3 Å². The Morgan fingerprint density at radius 1 is 0.920 bits per heavy atom. The fraction of sp³-hybridized carbons (Fsp3) is 0.0500. The molecule has 3 rings (SSSR count). The summed E-state index contributed by atoms with van der Waals surface area (Å²) in [5.41, 5.74) is 2.70. The Bertz CT molecular complexity index is 848. The van der Waals surface area contributed by atoms with Crippen molar-refractivity contribution in [1.29, 1.82) is 0 Å². The van der Waals surface area contributed by atoms with Crippen molar-refractivity contribution in [1.82, 2.24) is 0 Å². The van der Waals surface area contributed by atoms with Crippen LogP contribution in [0.5, 0.6) is 0 Å². The maximum atomic E-state index is 11.3. The highest BCUT2D eigenvalue weighted by Gasteiger charge is 2.10. The minimum absolute atomic E-state index is 0.0700. The molecule has 1 N–H and O–H groups in total. The summed E-state index contributed by atoms with van der Waals surface area (Å²) >= 11 is 0. The van der Waals surface area contributed by atoms with Gasteiger partial charge in [-0.3, -0.25) is 9.80 Å². The van der Waals surface area contributed by atoms with E-state index in [1.165, 1.54) is 12.2 Å². The Balaban J connectivity index is 1.92. The fourth-order valence-electron chi connectivity index (χ4n) is 2.37. The number of anilines is 1. The van der Waals surface area contributed by atoms with Crippen LogP contribution >= 0.6 is 0 Å². The maximum Gasteiger partial charge on any atom is 0.335 e. The van der Waals surface area contributed by atoms with Crippen molar-refractivity contribution in [3.8, 4) is 0 Å². The van der Waals surface area contributed by atoms with Gasteiger partial charge in [0.2, 0.25) is 0 Å². The predicted octanol–water partition coefficient (Wildman–Crippen LogP) is 3.44. The van der Waals surface area contributed by atoms with Crippen LogP contribution in [0.2, 0.25) is 0 Å². The third kappa shape index (κ3) is 4.29. The maximum absolute atomic E-state index is 11.3. The van der Waals surface area contributed by atoms with E-state index in [1.54, 1.807) is 41.4 Å². The fourth-order valence-corrected chi connectivity index (χ4v) is 2.37. The standard InChI is InChI=1S/C20H16N2O3/c23-19-12-8-17(9-13-19)21-22(14-15-4-2-1-3-5-15)18-10-6-16(7-11-18)20(24)25/h1-13H,14H2,(H,24,25). The van der Waals surface area contributed by atoms with Gasteiger partial charge in [-0.25, -0.2) is 4.79 Å². The van der Waals surface area contributed by atoms with Crippen LogP contribution in [0.25, 0.3) is 0 Å². The largest absolute Gasteiger partial charge is 0.478 e. The topological polar surface area (TPSA) is 70.0 Å². The van der Waals surface area contributed by atoms with E-state index >= 15 is 0 Å². The van der Waals surface area contributed by atoms with E-state index in [2.05, 4.69) is 5.10 Å². The average Bonchev–Trinajstić information content (AvgIpc) is 2.64. The van der Waals surface area contributed by atoms with E-state index < -0.39 is 5.97 Å². The van der Waals surface area contributed by atoms with Crippen molar-refractivity contribution < 1.29 is 14.7 Å². The van der Waals surface area contributed by atoms with Crippen LogP contribution in [-0.4, -0.2) is 22.6 Å². The predicted molar refractivity (Wildman–Crippen MR) is 96.7 cm³/mol. The minimum Gasteiger partial charge on any atom is -0.478 e. The molecule has 0 aromatic heterocycles. The molecule has 0 spiro atoms. The molecule has 0 radical (unpaired) electrons. The van der Waals surface area contributed by atoms with Crippen LogP contribution in [-0.2, 0) is 11.3 Å². The Morgan fingerprint density at radius 3 is 2.16 bits per heavy atom. The van der Waals surface area contributed by atoms with Gasteiger partial charge in [-0.1, -0.05) is 30.3 Å². The van der Waals surface area contributed by atoms with Gasteiger partial charge in [-0.2, -0.15) is 5.10 Å². The zero-order valence-electron chi connectivity index (χ0n) is 13.4. The van der Waals surface area contributed by atoms with Gasteiger partial charge in [-0.05, 0) is 54.1 Å². The summed E-state index contributed by atoms with van der Waals surface area (Å²) in [7, 11) is 0. The van der Waals surface area contributed by atoms with Gasteiger partial charge < -0.3 is 5.11 Å². The number of nitrogens with zero attached hydrogens (tertiary/aromatic N) is 2. The van der Waals surface area contributed by atoms with Crippen molar-refractivity contribution in [2.75, 3.05) is 5.01 Å². The van der Waals surface area contributed by atoms with Gasteiger partial charge in [0.1, 0.15) is 0 Å². The third-order valence-corrected chi connectivity index (χ3v) is 3.66. The normalized spacial score (nSPS) is 13.0. The average molecular weight is 332 g/mol. The van der Waals surface area contributed by atoms with Crippen LogP contribution in [0.4, 0.5) is 5.69 Å². The molecular formula is C20H16N2O3. The SMILES string of the molecule is O=C1C=CC(=NN(Cc2ccccc2)c2ccc(C(=O)O)cc2)C=C1. The number of benzene rings is 2. The van der Waals surface area contributed by atoms with Crippen LogP contribution < -0.4 is 5.01 Å². The quantitative estimate of drug-likeness (QED) is 0.672. The molecule has 124 valence electrons. The lowest BCUT2D eigenvalue weighted by Crippen LogP contribution is -2.18. The molecule has 0 saturated heterocycles. The van der Waals surface area contributed by atoms with E-state index in [9.17, 15) is 9.59 Å². The summed E-state index contributed by atoms with van der Waals surface area (Å²) in [6.45, 7) is 0.520. The van der Waals surface area contributed by atoms with Crippen molar-refractivity contribution in [2.45, 2.75) is 6.54 Å². The first-order chi connectivity index (χ1) is 12.1. The lowest BCUT2D eigenvalue weighted by atomic mass is 10.1. The van der Waals surface area contributed by atoms with Gasteiger partial charge >= 0.3 is 5.97 Å². The Kier molecular flexibility index (Phi) is 4.85. The molecular weight excluding hydrogens is 316 g/mol. The van der Waals surface area contributed by atoms with Gasteiger partial charge in [0, 0.05) is 0 Å². The molecule has 0 amide bonds. The number of hydrogen-bond acceptors (Lipinski definition) is 4. The molecule has 1 aliphatic rings. The molecule has 0 unspecified atom stereocenters. The summed E-state index contributed by atoms with van der Waals surface area (Å²) in [4.78, 5) is 22.3. The number of hydrogen-bond donors (Lipinski definition) is 1. The van der Waals surface area contributed by atoms with Crippen LogP contribution in [0.1, 0.15) is 15.9 Å². The lowest BCUT2D eigenvalue weighted by Gasteiger charge is -2.20. The molecule has 0 bridgehead atoms. The number of carbonyl (C=O) groups excluding carboxylic acids is 1. The molecule has 0 saturated carbocycles. The number of ketones is 1. The van der Waals surface area contributed by atoms with Gasteiger partial charge in [0.15, 0.2) is 5.78 Å². The molecule has 1 aliphatic carbocycles.